The molecule has 0 aliphatic rings. The highest BCUT2D eigenvalue weighted by Crippen LogP contribution is 2.25. The van der Waals surface area contributed by atoms with Gasteiger partial charge < -0.3 is 16.0 Å². The van der Waals surface area contributed by atoms with Crippen molar-refractivity contribution in [2.75, 3.05) is 17.7 Å². The number of hydrogen-bond acceptors (Lipinski definition) is 5. The van der Waals surface area contributed by atoms with E-state index in [-0.39, 0.29) is 17.1 Å². The molecule has 0 saturated heterocycles. The molecule has 7 nitrogen and oxygen atoms in total. The largest absolute Gasteiger partial charge is 0.341 e. The standard InChI is InChI=1S/C12H10FN5O2S/c1-3-6-5-15-8(4-7(6)13)16-11-9(10(19)18-21-11)17-12(20)14-2/h1,4-5H,2H3,(H,15,16)(H,18,19)(H2,14,17,20). The van der Waals surface area contributed by atoms with E-state index in [0.717, 1.165) is 17.6 Å². The molecule has 0 unspecified atom stereocenters. The number of urea groups is 1. The fraction of sp³-hybridized carbons (Fsp3) is 0.0833. The number of aromatic amines is 1. The first kappa shape index (κ1) is 14.5. The van der Waals surface area contributed by atoms with Gasteiger partial charge in [0.15, 0.2) is 0 Å². The van der Waals surface area contributed by atoms with E-state index < -0.39 is 17.4 Å². The molecule has 9 heteroatoms. The molecule has 2 amide bonds. The van der Waals surface area contributed by atoms with Crippen LogP contribution in [0.1, 0.15) is 5.56 Å². The Balaban J connectivity index is 2.28. The summed E-state index contributed by atoms with van der Waals surface area (Å²) in [6, 6.07) is 0.548. The van der Waals surface area contributed by atoms with E-state index >= 15 is 0 Å². The number of H-pyrrole nitrogens is 1. The van der Waals surface area contributed by atoms with Gasteiger partial charge in [0, 0.05) is 19.3 Å². The van der Waals surface area contributed by atoms with E-state index in [0.29, 0.717) is 5.00 Å². The molecule has 0 aromatic carbocycles. The summed E-state index contributed by atoms with van der Waals surface area (Å²) < 4.78 is 16.0. The second kappa shape index (κ2) is 6.06. The number of carbonyl (C=O) groups excluding carboxylic acids is 1. The molecular weight excluding hydrogens is 297 g/mol. The molecule has 4 N–H and O–H groups in total. The van der Waals surface area contributed by atoms with Gasteiger partial charge in [0.05, 0.1) is 5.56 Å². The number of halogens is 1. The minimum atomic E-state index is -0.612. The number of hydrogen-bond donors (Lipinski definition) is 4. The van der Waals surface area contributed by atoms with Crippen LogP contribution in [-0.4, -0.2) is 22.4 Å². The van der Waals surface area contributed by atoms with Crippen LogP contribution >= 0.6 is 11.5 Å². The maximum atomic E-state index is 13.6. The van der Waals surface area contributed by atoms with Crippen LogP contribution in [0.2, 0.25) is 0 Å². The molecule has 0 aliphatic carbocycles. The highest BCUT2D eigenvalue weighted by molar-refractivity contribution is 7.11. The smallest absolute Gasteiger partial charge is 0.319 e. The summed E-state index contributed by atoms with van der Waals surface area (Å²) in [4.78, 5) is 26.8. The Hall–Kier alpha value is -2.86. The van der Waals surface area contributed by atoms with E-state index in [1.165, 1.54) is 13.2 Å². The van der Waals surface area contributed by atoms with Gasteiger partial charge in [-0.2, -0.15) is 0 Å². The summed E-state index contributed by atoms with van der Waals surface area (Å²) in [7, 11) is 1.42. The zero-order valence-electron chi connectivity index (χ0n) is 10.8. The van der Waals surface area contributed by atoms with Crippen molar-refractivity contribution in [3.63, 3.8) is 0 Å². The number of carbonyl (C=O) groups is 1. The van der Waals surface area contributed by atoms with Gasteiger partial charge in [-0.05, 0) is 11.5 Å². The third-order valence-corrected chi connectivity index (χ3v) is 3.21. The zero-order chi connectivity index (χ0) is 15.4. The molecule has 0 radical (unpaired) electrons. The summed E-state index contributed by atoms with van der Waals surface area (Å²) in [5.74, 6) is 1.69. The van der Waals surface area contributed by atoms with Gasteiger partial charge in [-0.1, -0.05) is 5.92 Å². The number of amides is 2. The van der Waals surface area contributed by atoms with E-state index in [1.54, 1.807) is 0 Å². The molecular formula is C12H10FN5O2S. The quantitative estimate of drug-likeness (QED) is 0.645. The summed E-state index contributed by atoms with van der Waals surface area (Å²) >= 11 is 0.945. The third-order valence-electron chi connectivity index (χ3n) is 2.42. The number of rotatable bonds is 3. The molecule has 108 valence electrons. The van der Waals surface area contributed by atoms with Gasteiger partial charge in [0.1, 0.15) is 22.3 Å². The topological polar surface area (TPSA) is 98.9 Å². The number of nitrogens with one attached hydrogen (secondary N) is 4. The van der Waals surface area contributed by atoms with Crippen LogP contribution in [0.15, 0.2) is 17.1 Å². The van der Waals surface area contributed by atoms with Crippen molar-refractivity contribution >= 4 is 34.1 Å². The zero-order valence-corrected chi connectivity index (χ0v) is 11.6. The Morgan fingerprint density at radius 2 is 2.33 bits per heavy atom. The minimum Gasteiger partial charge on any atom is -0.341 e. The molecule has 0 atom stereocenters. The number of nitrogens with zero attached hydrogens (tertiary/aromatic N) is 1. The Morgan fingerprint density at radius 1 is 1.57 bits per heavy atom. The molecule has 0 aliphatic heterocycles. The van der Waals surface area contributed by atoms with Crippen LogP contribution in [0.4, 0.5) is 25.7 Å². The normalized spacial score (nSPS) is 9.76. The van der Waals surface area contributed by atoms with Gasteiger partial charge >= 0.3 is 6.03 Å². The maximum Gasteiger partial charge on any atom is 0.319 e. The molecule has 0 saturated carbocycles. The highest BCUT2D eigenvalue weighted by Gasteiger charge is 2.14. The van der Waals surface area contributed by atoms with Crippen LogP contribution in [0.5, 0.6) is 0 Å². The van der Waals surface area contributed by atoms with Gasteiger partial charge in [-0.25, -0.2) is 14.2 Å². The number of terminal acetylenes is 1. The van der Waals surface area contributed by atoms with E-state index in [4.69, 9.17) is 6.42 Å². The Labute approximate surface area is 122 Å². The van der Waals surface area contributed by atoms with Crippen molar-refractivity contribution in [1.82, 2.24) is 14.7 Å². The van der Waals surface area contributed by atoms with Gasteiger partial charge in [-0.3, -0.25) is 9.17 Å². The van der Waals surface area contributed by atoms with Crippen LogP contribution in [0.3, 0.4) is 0 Å². The predicted molar refractivity (Wildman–Crippen MR) is 78.4 cm³/mol. The van der Waals surface area contributed by atoms with Crippen molar-refractivity contribution in [2.45, 2.75) is 0 Å². The number of aromatic nitrogens is 2. The fourth-order valence-corrected chi connectivity index (χ4v) is 2.10. The van der Waals surface area contributed by atoms with E-state index in [2.05, 4.69) is 31.2 Å². The van der Waals surface area contributed by atoms with E-state index in [9.17, 15) is 14.0 Å². The summed E-state index contributed by atoms with van der Waals surface area (Å²) in [5, 5.41) is 7.72. The van der Waals surface area contributed by atoms with Crippen molar-refractivity contribution in [3.05, 3.63) is 34.0 Å². The average Bonchev–Trinajstić information content (AvgIpc) is 2.80. The first-order valence-electron chi connectivity index (χ1n) is 5.64. The molecule has 2 aromatic heterocycles. The SMILES string of the molecule is C#Cc1cnc(Nc2s[nH]c(=O)c2NC(=O)NC)cc1F. The van der Waals surface area contributed by atoms with Crippen molar-refractivity contribution < 1.29 is 9.18 Å². The molecule has 0 fully saturated rings. The van der Waals surface area contributed by atoms with Crippen LogP contribution in [0, 0.1) is 18.2 Å². The number of anilines is 3. The Kier molecular flexibility index (Phi) is 4.20. The average molecular weight is 307 g/mol. The van der Waals surface area contributed by atoms with Gasteiger partial charge in [0.25, 0.3) is 5.56 Å². The molecule has 2 aromatic rings. The van der Waals surface area contributed by atoms with Gasteiger partial charge in [-0.15, -0.1) is 6.42 Å². The lowest BCUT2D eigenvalue weighted by atomic mass is 10.3. The second-order valence-electron chi connectivity index (χ2n) is 3.76. The van der Waals surface area contributed by atoms with Crippen LogP contribution in [-0.2, 0) is 0 Å². The lowest BCUT2D eigenvalue weighted by molar-refractivity contribution is 0.254. The third kappa shape index (κ3) is 3.18. The predicted octanol–water partition coefficient (Wildman–Crippen LogP) is 1.45. The second-order valence-corrected chi connectivity index (χ2v) is 4.58. The molecule has 2 rings (SSSR count). The first-order chi connectivity index (χ1) is 10.0. The first-order valence-corrected chi connectivity index (χ1v) is 6.46. The van der Waals surface area contributed by atoms with E-state index in [1.807, 2.05) is 0 Å². The molecule has 0 bridgehead atoms. The van der Waals surface area contributed by atoms with Crippen molar-refractivity contribution in [3.8, 4) is 12.3 Å². The fourth-order valence-electron chi connectivity index (χ4n) is 1.40. The summed E-state index contributed by atoms with van der Waals surface area (Å²) in [6.45, 7) is 0. The monoisotopic (exact) mass is 307 g/mol. The number of pyridine rings is 1. The van der Waals surface area contributed by atoms with Gasteiger partial charge in [0.2, 0.25) is 0 Å². The lowest BCUT2D eigenvalue weighted by Crippen LogP contribution is -2.27. The minimum absolute atomic E-state index is 0.0163. The van der Waals surface area contributed by atoms with Crippen LogP contribution in [0.25, 0.3) is 0 Å². The van der Waals surface area contributed by atoms with Crippen LogP contribution < -0.4 is 21.5 Å². The molecule has 0 spiro atoms. The highest BCUT2D eigenvalue weighted by atomic mass is 32.1. The summed E-state index contributed by atoms with van der Waals surface area (Å²) in [6.07, 6.45) is 6.30. The van der Waals surface area contributed by atoms with Crippen molar-refractivity contribution in [2.24, 2.45) is 0 Å². The molecule has 21 heavy (non-hydrogen) atoms. The molecule has 2 heterocycles. The maximum absolute atomic E-state index is 13.6. The summed E-state index contributed by atoms with van der Waals surface area (Å²) in [5.41, 5.74) is -0.430. The Morgan fingerprint density at radius 3 is 2.95 bits per heavy atom. The Bertz CT molecular complexity index is 777. The lowest BCUT2D eigenvalue weighted by Gasteiger charge is -2.06. The van der Waals surface area contributed by atoms with Crippen molar-refractivity contribution in [1.29, 1.82) is 0 Å².